The largest absolute Gasteiger partial charge is 0.416 e. The highest BCUT2D eigenvalue weighted by Gasteiger charge is 2.48. The van der Waals surface area contributed by atoms with E-state index in [1.807, 2.05) is 0 Å². The van der Waals surface area contributed by atoms with Gasteiger partial charge in [0.1, 0.15) is 0 Å². The fourth-order valence-corrected chi connectivity index (χ4v) is 2.48. The molecule has 1 saturated carbocycles. The van der Waals surface area contributed by atoms with Gasteiger partial charge in [-0.2, -0.15) is 13.2 Å². The Bertz CT molecular complexity index is 572. The van der Waals surface area contributed by atoms with Crippen LogP contribution in [-0.4, -0.2) is 30.3 Å². The van der Waals surface area contributed by atoms with Crippen LogP contribution >= 0.6 is 0 Å². The second-order valence-electron chi connectivity index (χ2n) is 5.19. The fraction of sp³-hybridized carbons (Fsp3) is 0.429. The maximum atomic E-state index is 12.9. The number of likely N-dealkylation sites (N-methyl/N-ethyl adjacent to an activating group) is 1. The Hall–Kier alpha value is -2.05. The van der Waals surface area contributed by atoms with E-state index in [4.69, 9.17) is 5.73 Å². The zero-order valence-corrected chi connectivity index (χ0v) is 11.4. The number of carbonyl (C=O) groups excluding carboxylic acids is 2. The molecule has 0 saturated heterocycles. The lowest BCUT2D eigenvalue weighted by molar-refractivity contribution is -0.138. The first-order valence-corrected chi connectivity index (χ1v) is 6.41. The number of nitrogens with two attached hydrogens (primary N) is 1. The minimum atomic E-state index is -4.44. The summed E-state index contributed by atoms with van der Waals surface area (Å²) in [5.41, 5.74) is 4.43. The number of benzene rings is 1. The SMILES string of the molecule is CN(CC(N)=O)C(=O)[C@H]1C[C@@H]1c1ccccc1C(F)(F)F. The zero-order valence-electron chi connectivity index (χ0n) is 11.4. The van der Waals surface area contributed by atoms with Gasteiger partial charge in [0.25, 0.3) is 0 Å². The van der Waals surface area contributed by atoms with E-state index < -0.39 is 29.5 Å². The van der Waals surface area contributed by atoms with E-state index >= 15 is 0 Å². The lowest BCUT2D eigenvalue weighted by Gasteiger charge is -2.16. The lowest BCUT2D eigenvalue weighted by atomic mass is 10.0. The highest BCUT2D eigenvalue weighted by atomic mass is 19.4. The van der Waals surface area contributed by atoms with Crippen LogP contribution < -0.4 is 5.73 Å². The smallest absolute Gasteiger partial charge is 0.368 e. The summed E-state index contributed by atoms with van der Waals surface area (Å²) in [4.78, 5) is 24.0. The van der Waals surface area contributed by atoms with Crippen molar-refractivity contribution in [2.24, 2.45) is 11.7 Å². The molecule has 1 aliphatic rings. The standard InChI is InChI=1S/C14H15F3N2O2/c1-19(7-12(18)20)13(21)10-6-9(10)8-4-2-3-5-11(8)14(15,16)17/h2-5,9-10H,6-7H2,1H3,(H2,18,20)/t9-,10+/m1/s1. The van der Waals surface area contributed by atoms with Gasteiger partial charge in [0, 0.05) is 13.0 Å². The van der Waals surface area contributed by atoms with Crippen LogP contribution in [0.1, 0.15) is 23.5 Å². The number of alkyl halides is 3. The summed E-state index contributed by atoms with van der Waals surface area (Å²) in [6, 6.07) is 5.26. The molecule has 1 aromatic carbocycles. The molecule has 0 spiro atoms. The number of nitrogens with zero attached hydrogens (tertiary/aromatic N) is 1. The molecular weight excluding hydrogens is 285 g/mol. The Morgan fingerprint density at radius 1 is 1.33 bits per heavy atom. The lowest BCUT2D eigenvalue weighted by Crippen LogP contribution is -2.36. The van der Waals surface area contributed by atoms with E-state index in [9.17, 15) is 22.8 Å². The Morgan fingerprint density at radius 3 is 2.52 bits per heavy atom. The molecule has 1 fully saturated rings. The normalized spacial score (nSPS) is 21.0. The maximum Gasteiger partial charge on any atom is 0.416 e. The number of hydrogen-bond donors (Lipinski definition) is 1. The Kier molecular flexibility index (Phi) is 3.93. The first-order valence-electron chi connectivity index (χ1n) is 6.41. The average molecular weight is 300 g/mol. The molecule has 7 heteroatoms. The van der Waals surface area contributed by atoms with Crippen molar-refractivity contribution in [3.05, 3.63) is 35.4 Å². The monoisotopic (exact) mass is 300 g/mol. The summed E-state index contributed by atoms with van der Waals surface area (Å²) >= 11 is 0. The van der Waals surface area contributed by atoms with E-state index in [-0.39, 0.29) is 18.0 Å². The Balaban J connectivity index is 2.14. The summed E-state index contributed by atoms with van der Waals surface area (Å²) in [5, 5.41) is 0. The third-order valence-electron chi connectivity index (χ3n) is 3.54. The molecule has 2 N–H and O–H groups in total. The number of carbonyl (C=O) groups is 2. The highest BCUT2D eigenvalue weighted by molar-refractivity contribution is 5.87. The van der Waals surface area contributed by atoms with Gasteiger partial charge in [0.05, 0.1) is 12.1 Å². The number of hydrogen-bond acceptors (Lipinski definition) is 2. The van der Waals surface area contributed by atoms with Crippen molar-refractivity contribution in [2.45, 2.75) is 18.5 Å². The highest BCUT2D eigenvalue weighted by Crippen LogP contribution is 2.51. The van der Waals surface area contributed by atoms with Crippen molar-refractivity contribution < 1.29 is 22.8 Å². The molecule has 0 bridgehead atoms. The van der Waals surface area contributed by atoms with Crippen LogP contribution in [0.2, 0.25) is 0 Å². The molecule has 21 heavy (non-hydrogen) atoms. The van der Waals surface area contributed by atoms with Gasteiger partial charge in [0.15, 0.2) is 0 Å². The van der Waals surface area contributed by atoms with Crippen molar-refractivity contribution >= 4 is 11.8 Å². The van der Waals surface area contributed by atoms with Gasteiger partial charge in [-0.1, -0.05) is 18.2 Å². The van der Waals surface area contributed by atoms with Crippen molar-refractivity contribution in [2.75, 3.05) is 13.6 Å². The van der Waals surface area contributed by atoms with Gasteiger partial charge in [-0.05, 0) is 24.0 Å². The minimum Gasteiger partial charge on any atom is -0.368 e. The first-order chi connectivity index (χ1) is 9.71. The molecule has 2 atom stereocenters. The molecule has 1 aromatic rings. The van der Waals surface area contributed by atoms with Gasteiger partial charge >= 0.3 is 6.18 Å². The van der Waals surface area contributed by atoms with Gasteiger partial charge in [-0.25, -0.2) is 0 Å². The van der Waals surface area contributed by atoms with Gasteiger partial charge in [-0.3, -0.25) is 9.59 Å². The van der Waals surface area contributed by atoms with Crippen molar-refractivity contribution in [3.63, 3.8) is 0 Å². The van der Waals surface area contributed by atoms with E-state index in [2.05, 4.69) is 0 Å². The van der Waals surface area contributed by atoms with Crippen LogP contribution in [0.5, 0.6) is 0 Å². The molecule has 0 aliphatic heterocycles. The third-order valence-corrected chi connectivity index (χ3v) is 3.54. The molecule has 0 aromatic heterocycles. The Morgan fingerprint density at radius 2 is 1.95 bits per heavy atom. The molecule has 2 amide bonds. The van der Waals surface area contributed by atoms with Gasteiger partial charge in [0.2, 0.25) is 11.8 Å². The molecule has 4 nitrogen and oxygen atoms in total. The summed E-state index contributed by atoms with van der Waals surface area (Å²) in [7, 11) is 1.41. The molecule has 0 radical (unpaired) electrons. The molecule has 114 valence electrons. The van der Waals surface area contributed by atoms with Crippen LogP contribution in [0.25, 0.3) is 0 Å². The van der Waals surface area contributed by atoms with E-state index in [0.717, 1.165) is 11.0 Å². The summed E-state index contributed by atoms with van der Waals surface area (Å²) in [5.74, 6) is -1.97. The van der Waals surface area contributed by atoms with Crippen LogP contribution in [0.4, 0.5) is 13.2 Å². The summed E-state index contributed by atoms with van der Waals surface area (Å²) in [6.45, 7) is -0.233. The minimum absolute atomic E-state index is 0.135. The molecular formula is C14H15F3N2O2. The first kappa shape index (κ1) is 15.3. The van der Waals surface area contributed by atoms with Crippen molar-refractivity contribution in [3.8, 4) is 0 Å². The fourth-order valence-electron chi connectivity index (χ4n) is 2.48. The predicted octanol–water partition coefficient (Wildman–Crippen LogP) is 1.75. The molecule has 0 unspecified atom stereocenters. The average Bonchev–Trinajstić information content (AvgIpc) is 3.16. The topological polar surface area (TPSA) is 63.4 Å². The van der Waals surface area contributed by atoms with Crippen molar-refractivity contribution in [1.82, 2.24) is 4.90 Å². The summed E-state index contributed by atoms with van der Waals surface area (Å²) in [6.07, 6.45) is -4.08. The second kappa shape index (κ2) is 5.38. The zero-order chi connectivity index (χ0) is 15.8. The molecule has 1 aliphatic carbocycles. The number of halogens is 3. The van der Waals surface area contributed by atoms with Gasteiger partial charge < -0.3 is 10.6 Å². The van der Waals surface area contributed by atoms with Crippen LogP contribution in [0.3, 0.4) is 0 Å². The van der Waals surface area contributed by atoms with Crippen molar-refractivity contribution in [1.29, 1.82) is 0 Å². The van der Waals surface area contributed by atoms with Crippen LogP contribution in [0, 0.1) is 5.92 Å². The molecule has 2 rings (SSSR count). The maximum absolute atomic E-state index is 12.9. The van der Waals surface area contributed by atoms with E-state index in [1.54, 1.807) is 0 Å². The predicted molar refractivity (Wildman–Crippen MR) is 69.1 cm³/mol. The van der Waals surface area contributed by atoms with E-state index in [0.29, 0.717) is 6.42 Å². The van der Waals surface area contributed by atoms with Gasteiger partial charge in [-0.15, -0.1) is 0 Å². The second-order valence-corrected chi connectivity index (χ2v) is 5.19. The number of rotatable bonds is 4. The third kappa shape index (κ3) is 3.34. The Labute approximate surface area is 119 Å². The summed E-state index contributed by atoms with van der Waals surface area (Å²) < 4.78 is 38.8. The van der Waals surface area contributed by atoms with Crippen LogP contribution in [-0.2, 0) is 15.8 Å². The number of primary amides is 1. The quantitative estimate of drug-likeness (QED) is 0.921. The van der Waals surface area contributed by atoms with Crippen LogP contribution in [0.15, 0.2) is 24.3 Å². The number of amides is 2. The van der Waals surface area contributed by atoms with E-state index in [1.165, 1.54) is 25.2 Å². The molecule has 0 heterocycles.